The molecule has 0 atom stereocenters. The molecule has 0 saturated carbocycles. The van der Waals surface area contributed by atoms with Crippen LogP contribution >= 0.6 is 15.9 Å². The third kappa shape index (κ3) is 4.79. The van der Waals surface area contributed by atoms with Gasteiger partial charge in [-0.15, -0.1) is 0 Å². The van der Waals surface area contributed by atoms with Crippen molar-refractivity contribution in [2.45, 2.75) is 13.8 Å². The van der Waals surface area contributed by atoms with E-state index < -0.39 is 11.8 Å². The summed E-state index contributed by atoms with van der Waals surface area (Å²) in [5, 5.41) is 5.61. The highest BCUT2D eigenvalue weighted by molar-refractivity contribution is 9.10. The first-order valence-electron chi connectivity index (χ1n) is 7.50. The molecule has 2 rings (SSSR count). The average molecular weight is 409 g/mol. The highest BCUT2D eigenvalue weighted by Crippen LogP contribution is 2.24. The number of ether oxygens (including phenoxy) is 1. The van der Waals surface area contributed by atoms with Crippen molar-refractivity contribution in [3.63, 3.8) is 0 Å². The molecule has 7 heteroatoms. The van der Waals surface area contributed by atoms with E-state index in [2.05, 4.69) is 31.3 Å². The molecule has 0 saturated heterocycles. The number of carbonyl (C=O) groups is 2. The summed E-state index contributed by atoms with van der Waals surface area (Å²) < 4.78 is 19.3. The molecule has 132 valence electrons. The number of rotatable bonds is 5. The fourth-order valence-corrected chi connectivity index (χ4v) is 2.78. The van der Waals surface area contributed by atoms with Crippen molar-refractivity contribution in [2.24, 2.45) is 0 Å². The van der Waals surface area contributed by atoms with Gasteiger partial charge in [0.05, 0.1) is 24.9 Å². The Labute approximate surface area is 153 Å². The molecule has 2 N–H and O–H groups in total. The van der Waals surface area contributed by atoms with E-state index in [1.807, 2.05) is 19.1 Å². The lowest BCUT2D eigenvalue weighted by molar-refractivity contribution is -0.114. The van der Waals surface area contributed by atoms with Crippen LogP contribution in [0.25, 0.3) is 0 Å². The number of benzene rings is 2. The van der Waals surface area contributed by atoms with Gasteiger partial charge >= 0.3 is 5.97 Å². The van der Waals surface area contributed by atoms with Crippen LogP contribution in [-0.2, 0) is 9.53 Å². The normalized spacial score (nSPS) is 10.3. The first-order chi connectivity index (χ1) is 11.8. The van der Waals surface area contributed by atoms with Gasteiger partial charge in [0.2, 0.25) is 5.91 Å². The Morgan fingerprint density at radius 3 is 2.52 bits per heavy atom. The lowest BCUT2D eigenvalue weighted by Gasteiger charge is -2.13. The molecule has 25 heavy (non-hydrogen) atoms. The summed E-state index contributed by atoms with van der Waals surface area (Å²) in [6, 6.07) is 8.13. The number of anilines is 2. The maximum atomic E-state index is 13.9. The summed E-state index contributed by atoms with van der Waals surface area (Å²) in [4.78, 5) is 23.7. The maximum absolute atomic E-state index is 13.9. The molecule has 0 spiro atoms. The molecule has 0 aliphatic rings. The van der Waals surface area contributed by atoms with E-state index in [1.165, 1.54) is 13.2 Å². The van der Waals surface area contributed by atoms with Crippen LogP contribution in [0.3, 0.4) is 0 Å². The summed E-state index contributed by atoms with van der Waals surface area (Å²) in [6.07, 6.45) is 0. The maximum Gasteiger partial charge on any atom is 0.338 e. The first kappa shape index (κ1) is 18.9. The van der Waals surface area contributed by atoms with Crippen molar-refractivity contribution in [1.82, 2.24) is 0 Å². The molecule has 0 heterocycles. The minimum atomic E-state index is -0.644. The van der Waals surface area contributed by atoms with Gasteiger partial charge in [0.25, 0.3) is 0 Å². The summed E-state index contributed by atoms with van der Waals surface area (Å²) in [5.41, 5.74) is 2.46. The highest BCUT2D eigenvalue weighted by Gasteiger charge is 2.14. The van der Waals surface area contributed by atoms with Crippen molar-refractivity contribution in [1.29, 1.82) is 0 Å². The minimum absolute atomic E-state index is 0.0782. The molecule has 5 nitrogen and oxygen atoms in total. The first-order valence-corrected chi connectivity index (χ1v) is 8.29. The summed E-state index contributed by atoms with van der Waals surface area (Å²) in [6.45, 7) is 3.43. The number of hydrogen-bond acceptors (Lipinski definition) is 4. The molecule has 0 fully saturated rings. The van der Waals surface area contributed by atoms with Crippen molar-refractivity contribution >= 4 is 39.2 Å². The summed E-state index contributed by atoms with van der Waals surface area (Å²) in [7, 11) is 1.22. The van der Waals surface area contributed by atoms with Gasteiger partial charge in [-0.1, -0.05) is 6.07 Å². The second-order valence-corrected chi connectivity index (χ2v) is 6.36. The van der Waals surface area contributed by atoms with Crippen LogP contribution in [0.1, 0.15) is 21.5 Å². The van der Waals surface area contributed by atoms with Gasteiger partial charge < -0.3 is 15.4 Å². The van der Waals surface area contributed by atoms with Crippen LogP contribution in [0.15, 0.2) is 34.8 Å². The number of esters is 1. The molecule has 2 aromatic rings. The number of halogens is 2. The van der Waals surface area contributed by atoms with E-state index in [-0.39, 0.29) is 18.0 Å². The smallest absolute Gasteiger partial charge is 0.338 e. The van der Waals surface area contributed by atoms with Crippen LogP contribution in [-0.4, -0.2) is 25.5 Å². The lowest BCUT2D eigenvalue weighted by atomic mass is 10.1. The Morgan fingerprint density at radius 1 is 1.16 bits per heavy atom. The van der Waals surface area contributed by atoms with E-state index >= 15 is 0 Å². The molecule has 0 unspecified atom stereocenters. The van der Waals surface area contributed by atoms with Gasteiger partial charge in [0.1, 0.15) is 5.82 Å². The Balaban J connectivity index is 2.08. The zero-order valence-corrected chi connectivity index (χ0v) is 15.7. The van der Waals surface area contributed by atoms with Crippen LogP contribution in [0.4, 0.5) is 15.8 Å². The van der Waals surface area contributed by atoms with Gasteiger partial charge in [-0.05, 0) is 59.6 Å². The molecular formula is C18H18BrFN2O3. The van der Waals surface area contributed by atoms with E-state index in [0.29, 0.717) is 16.9 Å². The Kier molecular flexibility index (Phi) is 6.14. The third-order valence-electron chi connectivity index (χ3n) is 3.60. The van der Waals surface area contributed by atoms with E-state index in [4.69, 9.17) is 0 Å². The molecule has 1 amide bonds. The fourth-order valence-electron chi connectivity index (χ4n) is 2.19. The van der Waals surface area contributed by atoms with Crippen LogP contribution in [0.5, 0.6) is 0 Å². The Bertz CT molecular complexity index is 824. The van der Waals surface area contributed by atoms with Crippen LogP contribution in [0, 0.1) is 19.7 Å². The molecule has 0 aliphatic carbocycles. The van der Waals surface area contributed by atoms with E-state index in [0.717, 1.165) is 16.1 Å². The van der Waals surface area contributed by atoms with Crippen molar-refractivity contribution in [3.8, 4) is 0 Å². The molecule has 0 aromatic heterocycles. The molecule has 0 aliphatic heterocycles. The fraction of sp³-hybridized carbons (Fsp3) is 0.222. The molecule has 0 radical (unpaired) electrons. The monoisotopic (exact) mass is 408 g/mol. The van der Waals surface area contributed by atoms with Crippen LogP contribution < -0.4 is 10.6 Å². The van der Waals surface area contributed by atoms with Gasteiger partial charge in [-0.3, -0.25) is 4.79 Å². The number of carbonyl (C=O) groups excluding carboxylic acids is 2. The summed E-state index contributed by atoms with van der Waals surface area (Å²) >= 11 is 3.39. The van der Waals surface area contributed by atoms with Gasteiger partial charge in [-0.2, -0.15) is 0 Å². The van der Waals surface area contributed by atoms with Crippen molar-refractivity contribution in [3.05, 3.63) is 57.3 Å². The number of methoxy groups -OCH3 is 1. The molecule has 2 aromatic carbocycles. The largest absolute Gasteiger partial charge is 0.465 e. The predicted molar refractivity (Wildman–Crippen MR) is 98.5 cm³/mol. The zero-order valence-electron chi connectivity index (χ0n) is 14.1. The Hall–Kier alpha value is -2.41. The van der Waals surface area contributed by atoms with E-state index in [1.54, 1.807) is 13.0 Å². The third-order valence-corrected chi connectivity index (χ3v) is 4.26. The number of aryl methyl sites for hydroxylation is 1. The lowest BCUT2D eigenvalue weighted by Crippen LogP contribution is -2.22. The van der Waals surface area contributed by atoms with Gasteiger partial charge in [-0.25, -0.2) is 9.18 Å². The zero-order chi connectivity index (χ0) is 18.6. The van der Waals surface area contributed by atoms with Crippen molar-refractivity contribution < 1.29 is 18.7 Å². The minimum Gasteiger partial charge on any atom is -0.465 e. The Morgan fingerprint density at radius 2 is 1.88 bits per heavy atom. The van der Waals surface area contributed by atoms with Crippen molar-refractivity contribution in [2.75, 3.05) is 24.3 Å². The number of nitrogens with one attached hydrogen (secondary N) is 2. The quantitative estimate of drug-likeness (QED) is 0.732. The standard InChI is InChI=1S/C18H18BrFN2O3/c1-10-4-5-15(13(19)6-10)22-17(23)9-21-16-8-12(18(24)25-3)7-14(20)11(16)2/h4-8,21H,9H2,1-3H3,(H,22,23). The molecule has 0 bridgehead atoms. The average Bonchev–Trinajstić information content (AvgIpc) is 2.57. The van der Waals surface area contributed by atoms with Crippen LogP contribution in [0.2, 0.25) is 0 Å². The highest BCUT2D eigenvalue weighted by atomic mass is 79.9. The second-order valence-electron chi connectivity index (χ2n) is 5.51. The number of hydrogen-bond donors (Lipinski definition) is 2. The topological polar surface area (TPSA) is 67.4 Å². The second kappa shape index (κ2) is 8.11. The molecular weight excluding hydrogens is 391 g/mol. The SMILES string of the molecule is COC(=O)c1cc(F)c(C)c(NCC(=O)Nc2ccc(C)cc2Br)c1. The predicted octanol–water partition coefficient (Wildman–Crippen LogP) is 4.04. The van der Waals surface area contributed by atoms with E-state index in [9.17, 15) is 14.0 Å². The summed E-state index contributed by atoms with van der Waals surface area (Å²) in [5.74, 6) is -1.49. The number of amides is 1. The van der Waals surface area contributed by atoms with Gasteiger partial charge in [0.15, 0.2) is 0 Å². The van der Waals surface area contributed by atoms with Gasteiger partial charge in [0, 0.05) is 15.7 Å².